The van der Waals surface area contributed by atoms with E-state index in [-0.39, 0.29) is 0 Å². The van der Waals surface area contributed by atoms with Gasteiger partial charge in [-0.3, -0.25) is 4.98 Å². The van der Waals surface area contributed by atoms with Gasteiger partial charge in [-0.1, -0.05) is 0 Å². The number of nitrogens with zero attached hydrogens (tertiary/aromatic N) is 1. The molecule has 14 heavy (non-hydrogen) atoms. The molecule has 2 rings (SSSR count). The summed E-state index contributed by atoms with van der Waals surface area (Å²) in [6.07, 6.45) is 3.69. The van der Waals surface area contributed by atoms with Crippen LogP contribution in [0.15, 0.2) is 24.5 Å². The first-order valence-corrected chi connectivity index (χ1v) is 5.49. The smallest absolute Gasteiger partial charge is 0.0378 e. The molecule has 0 saturated carbocycles. The molecule has 2 aromatic heterocycles. The fourth-order valence-corrected chi connectivity index (χ4v) is 2.69. The van der Waals surface area contributed by atoms with Crippen LogP contribution in [0.4, 0.5) is 0 Å². The van der Waals surface area contributed by atoms with Gasteiger partial charge in [0.25, 0.3) is 0 Å². The van der Waals surface area contributed by atoms with E-state index >= 15 is 0 Å². The highest BCUT2D eigenvalue weighted by atomic mass is 32.1. The van der Waals surface area contributed by atoms with E-state index in [0.29, 0.717) is 0 Å². The van der Waals surface area contributed by atoms with Gasteiger partial charge in [-0.25, -0.2) is 0 Å². The average molecular weight is 203 g/mol. The topological polar surface area (TPSA) is 12.9 Å². The maximum Gasteiger partial charge on any atom is 0.0378 e. The van der Waals surface area contributed by atoms with Gasteiger partial charge in [0.1, 0.15) is 0 Å². The Morgan fingerprint density at radius 3 is 2.14 bits per heavy atom. The minimum atomic E-state index is 1.28. The van der Waals surface area contributed by atoms with E-state index in [2.05, 4.69) is 37.9 Å². The van der Waals surface area contributed by atoms with Gasteiger partial charge in [0, 0.05) is 22.1 Å². The number of thiophene rings is 1. The zero-order valence-corrected chi connectivity index (χ0v) is 9.48. The van der Waals surface area contributed by atoms with Crippen molar-refractivity contribution in [2.24, 2.45) is 0 Å². The molecular weight excluding hydrogens is 190 g/mol. The van der Waals surface area contributed by atoms with Crippen LogP contribution in [-0.4, -0.2) is 4.98 Å². The van der Waals surface area contributed by atoms with Crippen LogP contribution in [0.2, 0.25) is 0 Å². The highest BCUT2D eigenvalue weighted by molar-refractivity contribution is 7.15. The first kappa shape index (κ1) is 9.41. The number of rotatable bonds is 1. The van der Waals surface area contributed by atoms with Crippen molar-refractivity contribution in [2.45, 2.75) is 20.8 Å². The summed E-state index contributed by atoms with van der Waals surface area (Å²) in [5.41, 5.74) is 4.10. The highest BCUT2D eigenvalue weighted by Gasteiger charge is 2.09. The molecule has 2 heterocycles. The molecule has 0 aliphatic rings. The van der Waals surface area contributed by atoms with Crippen LogP contribution in [0.1, 0.15) is 16.0 Å². The van der Waals surface area contributed by atoms with Gasteiger partial charge in [0.05, 0.1) is 0 Å². The molecule has 1 nitrogen and oxygen atoms in total. The lowest BCUT2D eigenvalue weighted by Crippen LogP contribution is -1.78. The molecule has 0 bridgehead atoms. The maximum atomic E-state index is 4.03. The van der Waals surface area contributed by atoms with E-state index in [1.54, 1.807) is 0 Å². The second kappa shape index (κ2) is 3.54. The van der Waals surface area contributed by atoms with Gasteiger partial charge in [0.2, 0.25) is 0 Å². The van der Waals surface area contributed by atoms with E-state index in [1.165, 1.54) is 26.4 Å². The van der Waals surface area contributed by atoms with Crippen LogP contribution >= 0.6 is 11.3 Å². The van der Waals surface area contributed by atoms with Crippen molar-refractivity contribution in [3.8, 4) is 10.4 Å². The molecule has 0 saturated heterocycles. The monoisotopic (exact) mass is 203 g/mol. The van der Waals surface area contributed by atoms with E-state index in [0.717, 1.165) is 0 Å². The predicted molar refractivity (Wildman–Crippen MR) is 61.8 cm³/mol. The number of aryl methyl sites for hydroxylation is 1. The molecule has 0 aliphatic carbocycles. The lowest BCUT2D eigenvalue weighted by atomic mass is 10.1. The number of hydrogen-bond acceptors (Lipinski definition) is 2. The average Bonchev–Trinajstić information content (AvgIpc) is 2.47. The van der Waals surface area contributed by atoms with Crippen LogP contribution in [0, 0.1) is 20.8 Å². The first-order chi connectivity index (χ1) is 6.70. The summed E-state index contributed by atoms with van der Waals surface area (Å²) in [5, 5.41) is 0. The summed E-state index contributed by atoms with van der Waals surface area (Å²) in [6.45, 7) is 6.55. The summed E-state index contributed by atoms with van der Waals surface area (Å²) in [6, 6.07) is 4.13. The summed E-state index contributed by atoms with van der Waals surface area (Å²) < 4.78 is 0. The molecule has 2 heteroatoms. The lowest BCUT2D eigenvalue weighted by Gasteiger charge is -1.98. The number of hydrogen-bond donors (Lipinski definition) is 0. The third-order valence-corrected chi connectivity index (χ3v) is 3.99. The van der Waals surface area contributed by atoms with Crippen molar-refractivity contribution in [3.63, 3.8) is 0 Å². The first-order valence-electron chi connectivity index (χ1n) is 4.67. The van der Waals surface area contributed by atoms with Crippen LogP contribution in [-0.2, 0) is 0 Å². The Bertz CT molecular complexity index is 443. The molecule has 0 N–H and O–H groups in total. The Kier molecular flexibility index (Phi) is 2.38. The number of pyridine rings is 1. The van der Waals surface area contributed by atoms with Gasteiger partial charge >= 0.3 is 0 Å². The van der Waals surface area contributed by atoms with Gasteiger partial charge in [-0.15, -0.1) is 11.3 Å². The molecule has 0 unspecified atom stereocenters. The Hall–Kier alpha value is -1.15. The molecule has 0 fully saturated rings. The van der Waals surface area contributed by atoms with Crippen molar-refractivity contribution in [1.29, 1.82) is 0 Å². The van der Waals surface area contributed by atoms with Gasteiger partial charge in [-0.05, 0) is 49.6 Å². The molecule has 0 radical (unpaired) electrons. The minimum absolute atomic E-state index is 1.28. The van der Waals surface area contributed by atoms with E-state index in [9.17, 15) is 0 Å². The zero-order valence-electron chi connectivity index (χ0n) is 8.66. The van der Waals surface area contributed by atoms with Crippen molar-refractivity contribution < 1.29 is 0 Å². The van der Waals surface area contributed by atoms with E-state index < -0.39 is 0 Å². The Balaban J connectivity index is 2.58. The highest BCUT2D eigenvalue weighted by Crippen LogP contribution is 2.34. The van der Waals surface area contributed by atoms with Crippen LogP contribution in [0.25, 0.3) is 10.4 Å². The molecule has 0 amide bonds. The fourth-order valence-electron chi connectivity index (χ4n) is 1.52. The largest absolute Gasteiger partial charge is 0.265 e. The quantitative estimate of drug-likeness (QED) is 0.688. The summed E-state index contributed by atoms with van der Waals surface area (Å²) >= 11 is 1.87. The van der Waals surface area contributed by atoms with Crippen molar-refractivity contribution in [3.05, 3.63) is 40.5 Å². The van der Waals surface area contributed by atoms with E-state index in [4.69, 9.17) is 0 Å². The van der Waals surface area contributed by atoms with Crippen molar-refractivity contribution in [2.75, 3.05) is 0 Å². The normalized spacial score (nSPS) is 10.5. The van der Waals surface area contributed by atoms with Crippen molar-refractivity contribution in [1.82, 2.24) is 4.98 Å². The van der Waals surface area contributed by atoms with E-state index in [1.807, 2.05) is 23.7 Å². The minimum Gasteiger partial charge on any atom is -0.265 e. The molecule has 0 spiro atoms. The Morgan fingerprint density at radius 1 is 1.00 bits per heavy atom. The molecular formula is C12H13NS. The van der Waals surface area contributed by atoms with Gasteiger partial charge in [0.15, 0.2) is 0 Å². The Morgan fingerprint density at radius 2 is 1.64 bits per heavy atom. The molecule has 0 aromatic carbocycles. The Labute approximate surface area is 88.4 Å². The van der Waals surface area contributed by atoms with Gasteiger partial charge < -0.3 is 0 Å². The van der Waals surface area contributed by atoms with Crippen LogP contribution < -0.4 is 0 Å². The maximum absolute atomic E-state index is 4.03. The third kappa shape index (κ3) is 1.46. The van der Waals surface area contributed by atoms with Gasteiger partial charge in [-0.2, -0.15) is 0 Å². The third-order valence-electron chi connectivity index (χ3n) is 2.63. The lowest BCUT2D eigenvalue weighted by molar-refractivity contribution is 1.32. The predicted octanol–water partition coefficient (Wildman–Crippen LogP) is 3.74. The fraction of sp³-hybridized carbons (Fsp3) is 0.250. The molecule has 2 aromatic rings. The van der Waals surface area contributed by atoms with Crippen LogP contribution in [0.5, 0.6) is 0 Å². The standard InChI is InChI=1S/C12H13NS/c1-8-9(2)12(14-10(8)3)11-4-6-13-7-5-11/h4-7H,1-3H3. The molecule has 72 valence electrons. The summed E-state index contributed by atoms with van der Waals surface area (Å²) in [4.78, 5) is 6.82. The van der Waals surface area contributed by atoms with Crippen molar-refractivity contribution >= 4 is 11.3 Å². The second-order valence-corrected chi connectivity index (χ2v) is 4.70. The molecule has 0 atom stereocenters. The summed E-state index contributed by atoms with van der Waals surface area (Å²) in [5.74, 6) is 0. The SMILES string of the molecule is Cc1sc(-c2ccncc2)c(C)c1C. The number of aromatic nitrogens is 1. The summed E-state index contributed by atoms with van der Waals surface area (Å²) in [7, 11) is 0. The second-order valence-electron chi connectivity index (χ2n) is 3.47. The zero-order chi connectivity index (χ0) is 10.1. The van der Waals surface area contributed by atoms with Crippen LogP contribution in [0.3, 0.4) is 0 Å². The molecule has 0 aliphatic heterocycles.